The molecule has 1 saturated carbocycles. The maximum absolute atomic E-state index is 9.16. The summed E-state index contributed by atoms with van der Waals surface area (Å²) in [7, 11) is 2.08. The summed E-state index contributed by atoms with van der Waals surface area (Å²) in [5.41, 5.74) is 7.04. The van der Waals surface area contributed by atoms with Crippen molar-refractivity contribution in [2.75, 3.05) is 0 Å². The SMILES string of the molecule is [2H]C1(c2ccc(-c3cc[n+](C)c(-c4ccccc4C)c3)nc2)CC(C)(C)C(C)(C)C1. The highest BCUT2D eigenvalue weighted by Crippen LogP contribution is 2.57. The van der Waals surface area contributed by atoms with Gasteiger partial charge in [0.25, 0.3) is 0 Å². The van der Waals surface area contributed by atoms with Gasteiger partial charge in [0.1, 0.15) is 7.05 Å². The lowest BCUT2D eigenvalue weighted by Gasteiger charge is -2.34. The van der Waals surface area contributed by atoms with Crippen LogP contribution in [-0.2, 0) is 7.05 Å². The maximum atomic E-state index is 9.16. The Morgan fingerprint density at radius 3 is 2.31 bits per heavy atom. The first-order valence-corrected chi connectivity index (χ1v) is 10.6. The lowest BCUT2D eigenvalue weighted by atomic mass is 9.71. The van der Waals surface area contributed by atoms with Crippen molar-refractivity contribution < 1.29 is 5.94 Å². The van der Waals surface area contributed by atoms with Crippen LogP contribution < -0.4 is 4.57 Å². The van der Waals surface area contributed by atoms with Crippen LogP contribution in [0, 0.1) is 17.8 Å². The highest BCUT2D eigenvalue weighted by atomic mass is 14.9. The molecule has 0 atom stereocenters. The van der Waals surface area contributed by atoms with Crippen LogP contribution in [0.5, 0.6) is 0 Å². The summed E-state index contributed by atoms with van der Waals surface area (Å²) in [5.74, 6) is -0.562. The average molecular weight is 387 g/mol. The fourth-order valence-corrected chi connectivity index (χ4v) is 4.44. The van der Waals surface area contributed by atoms with Crippen molar-refractivity contribution in [2.45, 2.75) is 53.4 Å². The first kappa shape index (κ1) is 18.5. The third-order valence-electron chi connectivity index (χ3n) is 7.18. The van der Waals surface area contributed by atoms with Gasteiger partial charge in [-0.3, -0.25) is 4.98 Å². The van der Waals surface area contributed by atoms with Gasteiger partial charge in [0, 0.05) is 30.8 Å². The Kier molecular flexibility index (Phi) is 4.53. The standard InChI is InChI=1S/C27H33N2/c1-19-9-7-8-10-23(19)25-15-20(13-14-29(25)6)24-12-11-21(18-28-24)22-16-26(2,3)27(4,5)17-22/h7-15,18,22H,16-17H2,1-6H3/q+1/i22D. The van der Waals surface area contributed by atoms with Gasteiger partial charge < -0.3 is 0 Å². The number of aryl methyl sites for hydroxylation is 2. The first-order valence-electron chi connectivity index (χ1n) is 11.1. The summed E-state index contributed by atoms with van der Waals surface area (Å²) >= 11 is 0. The molecule has 0 N–H and O–H groups in total. The van der Waals surface area contributed by atoms with E-state index in [9.17, 15) is 0 Å². The molecule has 0 amide bonds. The van der Waals surface area contributed by atoms with Crippen LogP contribution >= 0.6 is 0 Å². The van der Waals surface area contributed by atoms with E-state index in [1.165, 1.54) is 16.8 Å². The van der Waals surface area contributed by atoms with Crippen LogP contribution in [-0.4, -0.2) is 4.98 Å². The molecule has 0 spiro atoms. The van der Waals surface area contributed by atoms with E-state index in [0.29, 0.717) is 0 Å². The molecule has 1 aliphatic rings. The third-order valence-corrected chi connectivity index (χ3v) is 7.18. The fraction of sp³-hybridized carbons (Fsp3) is 0.407. The molecule has 29 heavy (non-hydrogen) atoms. The van der Waals surface area contributed by atoms with Crippen LogP contribution in [0.1, 0.15) is 58.9 Å². The Bertz CT molecular complexity index is 1060. The molecule has 0 unspecified atom stereocenters. The molecule has 2 aromatic heterocycles. The van der Waals surface area contributed by atoms with E-state index >= 15 is 0 Å². The van der Waals surface area contributed by atoms with Crippen molar-refractivity contribution >= 4 is 0 Å². The molecule has 1 aromatic carbocycles. The largest absolute Gasteiger partial charge is 0.256 e. The van der Waals surface area contributed by atoms with Gasteiger partial charge in [-0.1, -0.05) is 52.0 Å². The van der Waals surface area contributed by atoms with Crippen LogP contribution in [0.4, 0.5) is 0 Å². The van der Waals surface area contributed by atoms with Gasteiger partial charge in [-0.05, 0) is 59.7 Å². The monoisotopic (exact) mass is 386 g/mol. The summed E-state index contributed by atoms with van der Waals surface area (Å²) < 4.78 is 11.3. The lowest BCUT2D eigenvalue weighted by molar-refractivity contribution is -0.660. The first-order chi connectivity index (χ1) is 14.0. The molecule has 2 heterocycles. The van der Waals surface area contributed by atoms with Crippen molar-refractivity contribution in [1.82, 2.24) is 4.98 Å². The van der Waals surface area contributed by atoms with Crippen molar-refractivity contribution in [3.8, 4) is 22.5 Å². The summed E-state index contributed by atoms with van der Waals surface area (Å²) in [5, 5.41) is 0. The van der Waals surface area contributed by atoms with E-state index in [1.807, 2.05) is 6.20 Å². The number of aromatic nitrogens is 2. The maximum Gasteiger partial charge on any atom is 0.213 e. The van der Waals surface area contributed by atoms with Crippen molar-refractivity contribution in [3.63, 3.8) is 0 Å². The third kappa shape index (κ3) is 3.61. The van der Waals surface area contributed by atoms with Crippen LogP contribution in [0.3, 0.4) is 0 Å². The minimum atomic E-state index is -0.562. The van der Waals surface area contributed by atoms with Crippen LogP contribution in [0.15, 0.2) is 60.9 Å². The number of nitrogens with zero attached hydrogens (tertiary/aromatic N) is 2. The van der Waals surface area contributed by atoms with Gasteiger partial charge in [0.05, 0.1) is 5.69 Å². The van der Waals surface area contributed by atoms with E-state index < -0.39 is 5.89 Å². The van der Waals surface area contributed by atoms with Crippen LogP contribution in [0.25, 0.3) is 22.5 Å². The number of hydrogen-bond donors (Lipinski definition) is 0. The van der Waals surface area contributed by atoms with E-state index in [-0.39, 0.29) is 10.8 Å². The van der Waals surface area contributed by atoms with Crippen molar-refractivity contribution in [1.29, 1.82) is 0 Å². The normalized spacial score (nSPS) is 19.7. The summed E-state index contributed by atoms with van der Waals surface area (Å²) in [6, 6.07) is 17.0. The predicted octanol–water partition coefficient (Wildman–Crippen LogP) is 6.48. The number of rotatable bonds is 3. The van der Waals surface area contributed by atoms with Gasteiger partial charge in [-0.25, -0.2) is 4.57 Å². The molecule has 4 rings (SSSR count). The molecular weight excluding hydrogens is 352 g/mol. The minimum absolute atomic E-state index is 0.143. The zero-order chi connectivity index (χ0) is 21.7. The Morgan fingerprint density at radius 2 is 1.69 bits per heavy atom. The van der Waals surface area contributed by atoms with Gasteiger partial charge in [0.15, 0.2) is 6.20 Å². The second kappa shape index (κ2) is 7.09. The Balaban J connectivity index is 1.68. The van der Waals surface area contributed by atoms with E-state index in [2.05, 4.69) is 101 Å². The molecule has 1 fully saturated rings. The fourth-order valence-electron chi connectivity index (χ4n) is 4.44. The summed E-state index contributed by atoms with van der Waals surface area (Å²) in [4.78, 5) is 4.79. The van der Waals surface area contributed by atoms with Crippen molar-refractivity contribution in [2.24, 2.45) is 17.9 Å². The van der Waals surface area contributed by atoms with Gasteiger partial charge in [-0.15, -0.1) is 0 Å². The molecule has 2 heteroatoms. The van der Waals surface area contributed by atoms with Crippen molar-refractivity contribution in [3.05, 3.63) is 72.1 Å². The second-order valence-electron chi connectivity index (χ2n) is 9.88. The molecule has 0 radical (unpaired) electrons. The topological polar surface area (TPSA) is 16.8 Å². The van der Waals surface area contributed by atoms with E-state index in [4.69, 9.17) is 6.35 Å². The molecule has 150 valence electrons. The minimum Gasteiger partial charge on any atom is -0.256 e. The number of pyridine rings is 2. The molecule has 3 aromatic rings. The lowest BCUT2D eigenvalue weighted by Crippen LogP contribution is -2.30. The summed E-state index contributed by atoms with van der Waals surface area (Å²) in [6.07, 6.45) is 5.76. The Labute approximate surface area is 177 Å². The Morgan fingerprint density at radius 1 is 1.00 bits per heavy atom. The molecule has 2 nitrogen and oxygen atoms in total. The van der Waals surface area contributed by atoms with Gasteiger partial charge in [0.2, 0.25) is 5.69 Å². The molecule has 1 aliphatic carbocycles. The molecule has 0 saturated heterocycles. The molecule has 0 aliphatic heterocycles. The average Bonchev–Trinajstić information content (AvgIpc) is 2.86. The molecule has 0 bridgehead atoms. The smallest absolute Gasteiger partial charge is 0.213 e. The van der Waals surface area contributed by atoms with E-state index in [0.717, 1.165) is 29.7 Å². The highest BCUT2D eigenvalue weighted by Gasteiger charge is 2.46. The van der Waals surface area contributed by atoms with Gasteiger partial charge in [-0.2, -0.15) is 0 Å². The van der Waals surface area contributed by atoms with Crippen LogP contribution in [0.2, 0.25) is 0 Å². The predicted molar refractivity (Wildman–Crippen MR) is 121 cm³/mol. The number of hydrogen-bond acceptors (Lipinski definition) is 1. The molecular formula is C27H33N2+. The summed E-state index contributed by atoms with van der Waals surface area (Å²) in [6.45, 7) is 11.3. The van der Waals surface area contributed by atoms with E-state index in [1.54, 1.807) is 0 Å². The van der Waals surface area contributed by atoms with Gasteiger partial charge >= 0.3 is 0 Å². The zero-order valence-corrected chi connectivity index (χ0v) is 18.6. The zero-order valence-electron chi connectivity index (χ0n) is 19.6. The number of benzene rings is 1. The Hall–Kier alpha value is -2.48. The second-order valence-corrected chi connectivity index (χ2v) is 9.88. The quantitative estimate of drug-likeness (QED) is 0.471. The highest BCUT2D eigenvalue weighted by molar-refractivity contribution is 5.68.